The number of hydrogen-bond donors (Lipinski definition) is 2. The second-order valence-electron chi connectivity index (χ2n) is 2.66. The summed E-state index contributed by atoms with van der Waals surface area (Å²) < 4.78 is 0. The molecular formula is C11H14N2. The molecule has 3 N–H and O–H groups in total. The van der Waals surface area contributed by atoms with Gasteiger partial charge in [0.2, 0.25) is 0 Å². The van der Waals surface area contributed by atoms with Gasteiger partial charge in [-0.05, 0) is 18.6 Å². The molecule has 0 fully saturated rings. The lowest BCUT2D eigenvalue weighted by molar-refractivity contribution is 0.833. The molecule has 2 nitrogen and oxygen atoms in total. The Labute approximate surface area is 78.7 Å². The van der Waals surface area contributed by atoms with E-state index in [1.807, 2.05) is 43.3 Å². The standard InChI is InChI=1S/C11H14N2/c1-2-6-11(9-13-12)10-7-4-3-5-8-10/h2-5,7-8,13H,9,12H2,1H3. The van der Waals surface area contributed by atoms with Crippen molar-refractivity contribution in [1.82, 2.24) is 5.43 Å². The van der Waals surface area contributed by atoms with Crippen LogP contribution in [0, 0.1) is 0 Å². The first-order valence-corrected chi connectivity index (χ1v) is 4.27. The first kappa shape index (κ1) is 9.75. The molecule has 1 aromatic carbocycles. The zero-order valence-corrected chi connectivity index (χ0v) is 7.75. The van der Waals surface area contributed by atoms with Gasteiger partial charge in [0.05, 0.1) is 0 Å². The average Bonchev–Trinajstić information content (AvgIpc) is 2.19. The van der Waals surface area contributed by atoms with Crippen LogP contribution in [0.4, 0.5) is 0 Å². The Hall–Kier alpha value is -1.34. The van der Waals surface area contributed by atoms with Crippen molar-refractivity contribution >= 4 is 5.57 Å². The van der Waals surface area contributed by atoms with Gasteiger partial charge in [0.1, 0.15) is 0 Å². The molecule has 0 aliphatic carbocycles. The van der Waals surface area contributed by atoms with E-state index in [1.165, 1.54) is 0 Å². The number of hydrazine groups is 1. The lowest BCUT2D eigenvalue weighted by Crippen LogP contribution is -2.23. The Balaban J connectivity index is 2.97. The van der Waals surface area contributed by atoms with E-state index in [2.05, 4.69) is 11.2 Å². The van der Waals surface area contributed by atoms with E-state index in [0.29, 0.717) is 6.54 Å². The quantitative estimate of drug-likeness (QED) is 0.416. The molecule has 0 aromatic heterocycles. The van der Waals surface area contributed by atoms with Crippen molar-refractivity contribution in [3.8, 4) is 0 Å². The van der Waals surface area contributed by atoms with Gasteiger partial charge in [0, 0.05) is 12.1 Å². The van der Waals surface area contributed by atoms with E-state index in [0.717, 1.165) is 11.1 Å². The van der Waals surface area contributed by atoms with Crippen LogP contribution in [0.1, 0.15) is 12.5 Å². The fraction of sp³-hybridized carbons (Fsp3) is 0.182. The Morgan fingerprint density at radius 2 is 2.15 bits per heavy atom. The first-order chi connectivity index (χ1) is 6.38. The van der Waals surface area contributed by atoms with Crippen molar-refractivity contribution in [3.05, 3.63) is 47.7 Å². The minimum Gasteiger partial charge on any atom is -0.271 e. The molecule has 0 saturated heterocycles. The molecule has 68 valence electrons. The van der Waals surface area contributed by atoms with Crippen molar-refractivity contribution in [2.75, 3.05) is 6.54 Å². The first-order valence-electron chi connectivity index (χ1n) is 4.27. The molecule has 0 saturated carbocycles. The molecule has 0 aliphatic rings. The van der Waals surface area contributed by atoms with Crippen molar-refractivity contribution < 1.29 is 0 Å². The fourth-order valence-electron chi connectivity index (χ4n) is 1.15. The maximum absolute atomic E-state index is 5.27. The van der Waals surface area contributed by atoms with Crippen LogP contribution >= 0.6 is 0 Å². The molecule has 13 heavy (non-hydrogen) atoms. The number of rotatable bonds is 3. The smallest absolute Gasteiger partial charge is 0.0427 e. The fourth-order valence-corrected chi connectivity index (χ4v) is 1.15. The summed E-state index contributed by atoms with van der Waals surface area (Å²) in [6.45, 7) is 2.58. The number of nitrogens with one attached hydrogen (secondary N) is 1. The summed E-state index contributed by atoms with van der Waals surface area (Å²) in [7, 11) is 0. The summed E-state index contributed by atoms with van der Waals surface area (Å²) in [5.74, 6) is 5.27. The predicted octanol–water partition coefficient (Wildman–Crippen LogP) is 1.71. The average molecular weight is 174 g/mol. The summed E-state index contributed by atoms with van der Waals surface area (Å²) >= 11 is 0. The highest BCUT2D eigenvalue weighted by atomic mass is 15.2. The molecule has 0 spiro atoms. The molecule has 0 bridgehead atoms. The Kier molecular flexibility index (Phi) is 4.00. The van der Waals surface area contributed by atoms with Gasteiger partial charge < -0.3 is 0 Å². The molecule has 1 aromatic rings. The Morgan fingerprint density at radius 3 is 2.69 bits per heavy atom. The minimum atomic E-state index is 0.633. The van der Waals surface area contributed by atoms with Crippen LogP contribution in [-0.4, -0.2) is 6.54 Å². The van der Waals surface area contributed by atoms with Gasteiger partial charge in [-0.1, -0.05) is 30.3 Å². The van der Waals surface area contributed by atoms with Crippen molar-refractivity contribution in [2.24, 2.45) is 5.84 Å². The molecule has 0 unspecified atom stereocenters. The zero-order valence-electron chi connectivity index (χ0n) is 7.75. The van der Waals surface area contributed by atoms with Gasteiger partial charge in [-0.15, -0.1) is 5.73 Å². The third-order valence-electron chi connectivity index (χ3n) is 1.72. The molecular weight excluding hydrogens is 160 g/mol. The van der Waals surface area contributed by atoms with Crippen LogP contribution in [0.5, 0.6) is 0 Å². The largest absolute Gasteiger partial charge is 0.271 e. The zero-order chi connectivity index (χ0) is 9.52. The van der Waals surface area contributed by atoms with E-state index in [9.17, 15) is 0 Å². The van der Waals surface area contributed by atoms with Gasteiger partial charge in [-0.3, -0.25) is 11.3 Å². The number of benzene rings is 1. The summed E-state index contributed by atoms with van der Waals surface area (Å²) in [5, 5.41) is 0. The normalized spacial score (nSPS) is 9.08. The van der Waals surface area contributed by atoms with Gasteiger partial charge in [-0.2, -0.15) is 0 Å². The molecule has 0 aliphatic heterocycles. The van der Waals surface area contributed by atoms with Crippen molar-refractivity contribution in [1.29, 1.82) is 0 Å². The SMILES string of the molecule is CC=C=C(CNN)c1ccccc1. The van der Waals surface area contributed by atoms with Gasteiger partial charge in [-0.25, -0.2) is 0 Å². The summed E-state index contributed by atoms with van der Waals surface area (Å²) in [6.07, 6.45) is 1.89. The van der Waals surface area contributed by atoms with Crippen molar-refractivity contribution in [2.45, 2.75) is 6.92 Å². The van der Waals surface area contributed by atoms with E-state index < -0.39 is 0 Å². The molecule has 2 heteroatoms. The minimum absolute atomic E-state index is 0.633. The maximum atomic E-state index is 5.27. The highest BCUT2D eigenvalue weighted by Crippen LogP contribution is 2.10. The monoisotopic (exact) mass is 174 g/mol. The molecule has 0 heterocycles. The third kappa shape index (κ3) is 2.88. The van der Waals surface area contributed by atoms with Crippen LogP contribution in [0.3, 0.4) is 0 Å². The number of nitrogens with two attached hydrogens (primary N) is 1. The van der Waals surface area contributed by atoms with E-state index in [1.54, 1.807) is 0 Å². The van der Waals surface area contributed by atoms with Crippen molar-refractivity contribution in [3.63, 3.8) is 0 Å². The van der Waals surface area contributed by atoms with Gasteiger partial charge in [0.25, 0.3) is 0 Å². The lowest BCUT2D eigenvalue weighted by Gasteiger charge is -2.02. The highest BCUT2D eigenvalue weighted by molar-refractivity contribution is 5.66. The van der Waals surface area contributed by atoms with E-state index >= 15 is 0 Å². The molecule has 0 radical (unpaired) electrons. The van der Waals surface area contributed by atoms with Gasteiger partial charge in [0.15, 0.2) is 0 Å². The van der Waals surface area contributed by atoms with Crippen LogP contribution in [0.25, 0.3) is 5.57 Å². The second-order valence-corrected chi connectivity index (χ2v) is 2.66. The topological polar surface area (TPSA) is 38.0 Å². The van der Waals surface area contributed by atoms with Crippen LogP contribution in [0.15, 0.2) is 42.1 Å². The third-order valence-corrected chi connectivity index (χ3v) is 1.72. The van der Waals surface area contributed by atoms with Gasteiger partial charge >= 0.3 is 0 Å². The van der Waals surface area contributed by atoms with Crippen LogP contribution in [0.2, 0.25) is 0 Å². The van der Waals surface area contributed by atoms with Crippen LogP contribution < -0.4 is 11.3 Å². The molecule has 0 amide bonds. The second kappa shape index (κ2) is 5.33. The van der Waals surface area contributed by atoms with E-state index in [-0.39, 0.29) is 0 Å². The molecule has 1 rings (SSSR count). The Morgan fingerprint density at radius 1 is 1.46 bits per heavy atom. The predicted molar refractivity (Wildman–Crippen MR) is 55.8 cm³/mol. The highest BCUT2D eigenvalue weighted by Gasteiger charge is 1.96. The molecule has 0 atom stereocenters. The summed E-state index contributed by atoms with van der Waals surface area (Å²) in [6, 6.07) is 10.1. The van der Waals surface area contributed by atoms with Crippen LogP contribution in [-0.2, 0) is 0 Å². The van der Waals surface area contributed by atoms with E-state index in [4.69, 9.17) is 5.84 Å². The number of hydrogen-bond acceptors (Lipinski definition) is 2. The maximum Gasteiger partial charge on any atom is 0.0427 e. The lowest BCUT2D eigenvalue weighted by atomic mass is 10.1. The summed E-state index contributed by atoms with van der Waals surface area (Å²) in [5.41, 5.74) is 8.01. The summed E-state index contributed by atoms with van der Waals surface area (Å²) in [4.78, 5) is 0. The Bertz CT molecular complexity index is 308.